The van der Waals surface area contributed by atoms with Crippen molar-refractivity contribution in [3.05, 3.63) is 0 Å². The molecule has 360 valence electrons. The van der Waals surface area contributed by atoms with Crippen LogP contribution in [-0.2, 0) is 90.5 Å². The van der Waals surface area contributed by atoms with E-state index in [-0.39, 0.29) is 51.4 Å². The molecule has 2 heterocycles. The number of ether oxygens (including phenoxy) is 11. The minimum absolute atomic E-state index is 0.0202. The highest BCUT2D eigenvalue weighted by atomic mass is 16.8. The van der Waals surface area contributed by atoms with E-state index in [4.69, 9.17) is 52.1 Å². The topological polar surface area (TPSA) is 238 Å². The number of carbonyl (C=O) groups excluding carboxylic acids is 8. The first-order valence-corrected chi connectivity index (χ1v) is 22.6. The first-order chi connectivity index (χ1) is 30.1. The Morgan fingerprint density at radius 2 is 0.746 bits per heavy atom. The van der Waals surface area contributed by atoms with Crippen molar-refractivity contribution in [3.8, 4) is 0 Å². The second kappa shape index (κ2) is 29.2. The lowest BCUT2D eigenvalue weighted by atomic mass is 9.97. The average Bonchev–Trinajstić information content (AvgIpc) is 3.48. The molecule has 0 aromatic heterocycles. The number of hydrogen-bond acceptors (Lipinski definition) is 19. The summed E-state index contributed by atoms with van der Waals surface area (Å²) in [6.45, 7) is 11.9. The molecule has 0 spiro atoms. The van der Waals surface area contributed by atoms with Crippen LogP contribution in [0.3, 0.4) is 0 Å². The van der Waals surface area contributed by atoms with Crippen LogP contribution in [0, 0.1) is 0 Å². The van der Waals surface area contributed by atoms with Gasteiger partial charge in [-0.3, -0.25) is 38.4 Å². The van der Waals surface area contributed by atoms with Gasteiger partial charge in [0, 0.05) is 51.4 Å². The second-order valence-corrected chi connectivity index (χ2v) is 15.4. The molecule has 2 aliphatic heterocycles. The Hall–Kier alpha value is -4.36. The molecule has 2 fully saturated rings. The highest BCUT2D eigenvalue weighted by Gasteiger charge is 2.65. The van der Waals surface area contributed by atoms with Gasteiger partial charge < -0.3 is 52.1 Å². The number of carbonyl (C=O) groups is 8. The van der Waals surface area contributed by atoms with E-state index in [0.29, 0.717) is 51.4 Å². The molecule has 2 aliphatic rings. The molecule has 63 heavy (non-hydrogen) atoms. The summed E-state index contributed by atoms with van der Waals surface area (Å²) in [4.78, 5) is 105. The highest BCUT2D eigenvalue weighted by Crippen LogP contribution is 2.42. The predicted molar refractivity (Wildman–Crippen MR) is 219 cm³/mol. The molecule has 0 aromatic carbocycles. The van der Waals surface area contributed by atoms with Crippen molar-refractivity contribution in [2.45, 2.75) is 213 Å². The van der Waals surface area contributed by atoms with Crippen LogP contribution >= 0.6 is 0 Å². The average molecular weight is 903 g/mol. The Morgan fingerprint density at radius 1 is 0.397 bits per heavy atom. The summed E-state index contributed by atoms with van der Waals surface area (Å²) >= 11 is 0. The molecule has 0 saturated carbocycles. The normalized spacial score (nSPS) is 25.3. The zero-order chi connectivity index (χ0) is 47.0. The van der Waals surface area contributed by atoms with Gasteiger partial charge in [0.1, 0.15) is 32.0 Å². The summed E-state index contributed by atoms with van der Waals surface area (Å²) in [5, 5.41) is 0. The number of hydrogen-bond donors (Lipinski definition) is 0. The minimum Gasteiger partial charge on any atom is -0.463 e. The molecule has 0 amide bonds. The van der Waals surface area contributed by atoms with E-state index in [0.717, 1.165) is 0 Å². The Balaban J connectivity index is 3.01. The van der Waals surface area contributed by atoms with E-state index < -0.39 is 122 Å². The molecule has 2 saturated heterocycles. The smallest absolute Gasteiger partial charge is 0.306 e. The summed E-state index contributed by atoms with van der Waals surface area (Å²) < 4.78 is 66.1. The van der Waals surface area contributed by atoms with Gasteiger partial charge in [0.05, 0.1) is 0 Å². The van der Waals surface area contributed by atoms with Crippen molar-refractivity contribution in [2.24, 2.45) is 0 Å². The molecule has 9 atom stereocenters. The van der Waals surface area contributed by atoms with Crippen molar-refractivity contribution in [1.29, 1.82) is 0 Å². The predicted octanol–water partition coefficient (Wildman–Crippen LogP) is 5.41. The van der Waals surface area contributed by atoms with Gasteiger partial charge in [-0.1, -0.05) is 55.4 Å². The van der Waals surface area contributed by atoms with Crippen LogP contribution in [0.4, 0.5) is 0 Å². The Kier molecular flexibility index (Phi) is 25.3. The van der Waals surface area contributed by atoms with Crippen LogP contribution in [0.15, 0.2) is 0 Å². The van der Waals surface area contributed by atoms with Gasteiger partial charge >= 0.3 is 47.8 Å². The number of rotatable bonds is 29. The minimum atomic E-state index is -2.50. The first-order valence-electron chi connectivity index (χ1n) is 22.6. The van der Waals surface area contributed by atoms with Crippen LogP contribution in [0.1, 0.15) is 158 Å². The second-order valence-electron chi connectivity index (χ2n) is 15.4. The molecular weight excluding hydrogens is 832 g/mol. The Labute approximate surface area is 370 Å². The summed E-state index contributed by atoms with van der Waals surface area (Å²) in [6.07, 6.45) is -10.7. The van der Waals surface area contributed by atoms with Crippen molar-refractivity contribution < 1.29 is 90.5 Å². The third-order valence-corrected chi connectivity index (χ3v) is 9.57. The Bertz CT molecular complexity index is 1480. The largest absolute Gasteiger partial charge is 0.463 e. The lowest BCUT2D eigenvalue weighted by molar-refractivity contribution is -0.384. The van der Waals surface area contributed by atoms with Crippen molar-refractivity contribution in [1.82, 2.24) is 0 Å². The van der Waals surface area contributed by atoms with Gasteiger partial charge in [0.25, 0.3) is 0 Å². The first kappa shape index (κ1) is 54.8. The van der Waals surface area contributed by atoms with E-state index in [1.165, 1.54) is 0 Å². The van der Waals surface area contributed by atoms with Crippen LogP contribution < -0.4 is 0 Å². The van der Waals surface area contributed by atoms with Gasteiger partial charge in [0.15, 0.2) is 30.5 Å². The molecule has 0 N–H and O–H groups in total. The molecule has 0 aromatic rings. The Morgan fingerprint density at radius 3 is 1.19 bits per heavy atom. The maximum atomic E-state index is 13.5. The zero-order valence-corrected chi connectivity index (χ0v) is 38.3. The van der Waals surface area contributed by atoms with E-state index in [9.17, 15) is 38.4 Å². The fraction of sp³-hybridized carbons (Fsp3) is 0.818. The molecule has 19 heteroatoms. The van der Waals surface area contributed by atoms with E-state index >= 15 is 0 Å². The summed E-state index contributed by atoms with van der Waals surface area (Å²) in [5.74, 6) is -8.34. The lowest BCUT2D eigenvalue weighted by Gasteiger charge is -2.46. The van der Waals surface area contributed by atoms with Crippen molar-refractivity contribution in [2.75, 3.05) is 19.8 Å². The van der Waals surface area contributed by atoms with Crippen LogP contribution in [-0.4, -0.2) is 122 Å². The van der Waals surface area contributed by atoms with Crippen molar-refractivity contribution in [3.63, 3.8) is 0 Å². The fourth-order valence-corrected chi connectivity index (χ4v) is 6.63. The van der Waals surface area contributed by atoms with Crippen molar-refractivity contribution >= 4 is 47.8 Å². The molecule has 0 bridgehead atoms. The van der Waals surface area contributed by atoms with Gasteiger partial charge in [-0.2, -0.15) is 0 Å². The van der Waals surface area contributed by atoms with Crippen LogP contribution in [0.5, 0.6) is 0 Å². The van der Waals surface area contributed by atoms with Crippen LogP contribution in [0.2, 0.25) is 0 Å². The molecular formula is C44H70O19. The summed E-state index contributed by atoms with van der Waals surface area (Å²) in [6, 6.07) is 0. The monoisotopic (exact) mass is 902 g/mol. The third kappa shape index (κ3) is 18.0. The standard InChI is InChI=1S/C44H70O19/c1-9-17-30(45)53-25-28-38(57-33(48)20-12-4)40(59-35(50)22-14-6)41(60-36(51)23-15-7)43(56-28)63-44(27-55-32(47)19-11-3)42(61-37(52)24-16-8)39(58-34(49)21-13-5)29(62-44)26-54-31(46)18-10-2/h28-29,38-43H,9-27H2,1-8H3/t28-,29-,38-,39-,40+,41-,42+,43-,44+/m1/s1. The molecule has 0 radical (unpaired) electrons. The van der Waals surface area contributed by atoms with E-state index in [2.05, 4.69) is 0 Å². The van der Waals surface area contributed by atoms with Gasteiger partial charge in [-0.15, -0.1) is 0 Å². The molecule has 19 nitrogen and oxygen atoms in total. The van der Waals surface area contributed by atoms with E-state index in [1.807, 2.05) is 0 Å². The molecule has 0 aliphatic carbocycles. The summed E-state index contributed by atoms with van der Waals surface area (Å²) in [7, 11) is 0. The molecule has 0 unspecified atom stereocenters. The summed E-state index contributed by atoms with van der Waals surface area (Å²) in [5.41, 5.74) is 0. The highest BCUT2D eigenvalue weighted by molar-refractivity contribution is 5.73. The number of esters is 8. The lowest BCUT2D eigenvalue weighted by Crippen LogP contribution is -2.66. The van der Waals surface area contributed by atoms with E-state index in [1.54, 1.807) is 55.4 Å². The SMILES string of the molecule is CCCC(=O)OC[C@H]1O[C@@](COC(=O)CCC)(O[C@H]2O[C@H](COC(=O)CCC)[C@@H](OC(=O)CCC)[C@H](OC(=O)CCC)[C@H]2OC(=O)CCC)[C@@H](OC(=O)CCC)[C@@H]1OC(=O)CCC. The quantitative estimate of drug-likeness (QED) is 0.0673. The third-order valence-electron chi connectivity index (χ3n) is 9.57. The fourth-order valence-electron chi connectivity index (χ4n) is 6.63. The maximum Gasteiger partial charge on any atom is 0.306 e. The van der Waals surface area contributed by atoms with Gasteiger partial charge in [-0.05, 0) is 51.4 Å². The zero-order valence-electron chi connectivity index (χ0n) is 38.3. The van der Waals surface area contributed by atoms with Crippen LogP contribution in [0.25, 0.3) is 0 Å². The maximum absolute atomic E-state index is 13.5. The van der Waals surface area contributed by atoms with Gasteiger partial charge in [-0.25, -0.2) is 0 Å². The molecule has 2 rings (SSSR count). The van der Waals surface area contributed by atoms with Gasteiger partial charge in [0.2, 0.25) is 12.1 Å².